The lowest BCUT2D eigenvalue weighted by atomic mass is 10.0. The Bertz CT molecular complexity index is 1140. The Labute approximate surface area is 175 Å². The first kappa shape index (κ1) is 19.3. The zero-order chi connectivity index (χ0) is 21.0. The number of rotatable bonds is 3. The molecule has 2 aliphatic carbocycles. The van der Waals surface area contributed by atoms with E-state index in [4.69, 9.17) is 9.72 Å². The average Bonchev–Trinajstić information content (AvgIpc) is 3.40. The van der Waals surface area contributed by atoms with E-state index < -0.39 is 16.1 Å². The van der Waals surface area contributed by atoms with Crippen molar-refractivity contribution in [1.82, 2.24) is 19.5 Å². The number of carbonyl (C=O) groups excluding carboxylic acids is 1. The largest absolute Gasteiger partial charge is 0.477 e. The van der Waals surface area contributed by atoms with E-state index in [0.29, 0.717) is 19.1 Å². The minimum absolute atomic E-state index is 0.122. The quantitative estimate of drug-likeness (QED) is 0.771. The van der Waals surface area contributed by atoms with Crippen LogP contribution in [0.15, 0.2) is 11.1 Å². The van der Waals surface area contributed by atoms with Crippen LogP contribution in [0.25, 0.3) is 0 Å². The van der Waals surface area contributed by atoms with Gasteiger partial charge in [-0.1, -0.05) is 13.8 Å². The first-order valence-corrected chi connectivity index (χ1v) is 11.9. The van der Waals surface area contributed by atoms with Crippen LogP contribution in [0.3, 0.4) is 0 Å². The molecule has 1 aliphatic heterocycles. The van der Waals surface area contributed by atoms with Crippen molar-refractivity contribution in [2.45, 2.75) is 63.3 Å². The van der Waals surface area contributed by atoms with Crippen LogP contribution >= 0.6 is 0 Å². The van der Waals surface area contributed by atoms with E-state index in [-0.39, 0.29) is 16.7 Å². The number of ether oxygens (including phenoxy) is 1. The summed E-state index contributed by atoms with van der Waals surface area (Å²) in [4.78, 5) is 17.4. The number of aromatic nitrogens is 3. The first-order valence-electron chi connectivity index (χ1n) is 10.4. The molecule has 5 rings (SSSR count). The fraction of sp³-hybridized carbons (Fsp3) is 0.550. The second kappa shape index (κ2) is 6.97. The van der Waals surface area contributed by atoms with Gasteiger partial charge in [0.25, 0.3) is 10.0 Å². The van der Waals surface area contributed by atoms with Crippen molar-refractivity contribution in [3.63, 3.8) is 0 Å². The van der Waals surface area contributed by atoms with Gasteiger partial charge in [-0.3, -0.25) is 4.98 Å². The van der Waals surface area contributed by atoms with E-state index in [9.17, 15) is 13.2 Å². The Kier molecular flexibility index (Phi) is 4.49. The van der Waals surface area contributed by atoms with Gasteiger partial charge in [0, 0.05) is 17.3 Å². The highest BCUT2D eigenvalue weighted by molar-refractivity contribution is 7.90. The third kappa shape index (κ3) is 3.13. The van der Waals surface area contributed by atoms with Crippen molar-refractivity contribution in [1.29, 1.82) is 0 Å². The number of hydrogen-bond donors (Lipinski definition) is 2. The Morgan fingerprint density at radius 2 is 2.07 bits per heavy atom. The molecule has 2 amide bonds. The highest BCUT2D eigenvalue weighted by Gasteiger charge is 2.32. The second-order valence-electron chi connectivity index (χ2n) is 8.54. The number of aryl methyl sites for hydroxylation is 1. The highest BCUT2D eigenvalue weighted by Crippen LogP contribution is 2.41. The van der Waals surface area contributed by atoms with E-state index in [1.807, 2.05) is 6.92 Å². The van der Waals surface area contributed by atoms with Gasteiger partial charge in [-0.05, 0) is 49.1 Å². The molecule has 2 unspecified atom stereocenters. The lowest BCUT2D eigenvalue weighted by Gasteiger charge is -2.21. The maximum absolute atomic E-state index is 12.8. The molecule has 2 atom stereocenters. The molecule has 30 heavy (non-hydrogen) atoms. The fourth-order valence-electron chi connectivity index (χ4n) is 4.65. The molecule has 2 aromatic rings. The second-order valence-corrected chi connectivity index (χ2v) is 10.2. The van der Waals surface area contributed by atoms with Crippen molar-refractivity contribution in [3.8, 4) is 5.88 Å². The Hall–Kier alpha value is -2.62. The zero-order valence-corrected chi connectivity index (χ0v) is 17.9. The SMILES string of the molecule is CC1COc2c(S(=O)(=O)NC(=O)Nc3c4c(nc5c3CCC5C)CCC4)cnn2C1. The molecule has 2 aromatic heterocycles. The van der Waals surface area contributed by atoms with Crippen molar-refractivity contribution >= 4 is 21.7 Å². The topological polar surface area (TPSA) is 115 Å². The molecule has 0 saturated heterocycles. The van der Waals surface area contributed by atoms with Crippen LogP contribution in [0.1, 0.15) is 55.1 Å². The molecule has 0 bridgehead atoms. The standard InChI is InChI=1S/C20H25N5O4S/c1-11-9-25-19(29-10-11)16(8-21-25)30(27,28)24-20(26)23-18-13-4-3-5-15(13)22-17-12(2)6-7-14(17)18/h8,11-12H,3-7,9-10H2,1-2H3,(H2,22,23,24,26). The number of hydrogen-bond acceptors (Lipinski definition) is 6. The number of amides is 2. The average molecular weight is 432 g/mol. The van der Waals surface area contributed by atoms with Gasteiger partial charge in [0.15, 0.2) is 4.90 Å². The lowest BCUT2D eigenvalue weighted by molar-refractivity contribution is 0.170. The minimum Gasteiger partial charge on any atom is -0.477 e. The maximum atomic E-state index is 12.8. The number of pyridine rings is 1. The summed E-state index contributed by atoms with van der Waals surface area (Å²) in [5.74, 6) is 0.757. The molecule has 9 nitrogen and oxygen atoms in total. The third-order valence-electron chi connectivity index (χ3n) is 6.15. The molecule has 10 heteroatoms. The summed E-state index contributed by atoms with van der Waals surface area (Å²) >= 11 is 0. The van der Waals surface area contributed by atoms with Gasteiger partial charge >= 0.3 is 6.03 Å². The molecule has 0 aromatic carbocycles. The van der Waals surface area contributed by atoms with Gasteiger partial charge in [-0.2, -0.15) is 5.10 Å². The summed E-state index contributed by atoms with van der Waals surface area (Å²) < 4.78 is 34.9. The molecule has 3 aliphatic rings. The molecular formula is C20H25N5O4S. The van der Waals surface area contributed by atoms with Gasteiger partial charge in [0.05, 0.1) is 25.0 Å². The molecule has 0 radical (unpaired) electrons. The van der Waals surface area contributed by atoms with Crippen molar-refractivity contribution in [3.05, 3.63) is 28.7 Å². The number of urea groups is 1. The Morgan fingerprint density at radius 1 is 1.23 bits per heavy atom. The van der Waals surface area contributed by atoms with Gasteiger partial charge in [0.1, 0.15) is 0 Å². The van der Waals surface area contributed by atoms with Crippen molar-refractivity contribution in [2.75, 3.05) is 11.9 Å². The van der Waals surface area contributed by atoms with E-state index in [0.717, 1.165) is 60.3 Å². The van der Waals surface area contributed by atoms with Crippen LogP contribution in [0.4, 0.5) is 10.5 Å². The summed E-state index contributed by atoms with van der Waals surface area (Å²) in [5, 5.41) is 6.93. The molecule has 3 heterocycles. The summed E-state index contributed by atoms with van der Waals surface area (Å²) in [6, 6.07) is -0.777. The summed E-state index contributed by atoms with van der Waals surface area (Å²) in [6.07, 6.45) is 5.77. The van der Waals surface area contributed by atoms with Crippen LogP contribution in [0, 0.1) is 5.92 Å². The predicted octanol–water partition coefficient (Wildman–Crippen LogP) is 2.36. The zero-order valence-electron chi connectivity index (χ0n) is 17.1. The van der Waals surface area contributed by atoms with E-state index in [1.54, 1.807) is 0 Å². The lowest BCUT2D eigenvalue weighted by Crippen LogP contribution is -2.35. The normalized spacial score (nSPS) is 22.1. The third-order valence-corrected chi connectivity index (χ3v) is 7.47. The predicted molar refractivity (Wildman–Crippen MR) is 109 cm³/mol. The molecular weight excluding hydrogens is 406 g/mol. The Morgan fingerprint density at radius 3 is 2.90 bits per heavy atom. The molecule has 2 N–H and O–H groups in total. The maximum Gasteiger partial charge on any atom is 0.333 e. The first-order chi connectivity index (χ1) is 14.3. The van der Waals surface area contributed by atoms with E-state index >= 15 is 0 Å². The van der Waals surface area contributed by atoms with Crippen molar-refractivity contribution in [2.24, 2.45) is 5.92 Å². The summed E-state index contributed by atoms with van der Waals surface area (Å²) in [6.45, 7) is 5.12. The minimum atomic E-state index is -4.12. The van der Waals surface area contributed by atoms with Gasteiger partial charge < -0.3 is 10.1 Å². The van der Waals surface area contributed by atoms with Crippen LogP contribution in [-0.2, 0) is 35.8 Å². The van der Waals surface area contributed by atoms with Crippen molar-refractivity contribution < 1.29 is 17.9 Å². The number of fused-ring (bicyclic) bond motifs is 3. The smallest absolute Gasteiger partial charge is 0.333 e. The number of anilines is 1. The number of nitrogens with one attached hydrogen (secondary N) is 2. The van der Waals surface area contributed by atoms with E-state index in [1.165, 1.54) is 10.9 Å². The Balaban J connectivity index is 1.41. The highest BCUT2D eigenvalue weighted by atomic mass is 32.2. The molecule has 160 valence electrons. The molecule has 0 saturated carbocycles. The van der Waals surface area contributed by atoms with Crippen LogP contribution < -0.4 is 14.8 Å². The van der Waals surface area contributed by atoms with Gasteiger partial charge in [0.2, 0.25) is 5.88 Å². The van der Waals surface area contributed by atoms with Gasteiger partial charge in [-0.25, -0.2) is 22.6 Å². The summed E-state index contributed by atoms with van der Waals surface area (Å²) in [7, 11) is -4.12. The molecule has 0 spiro atoms. The van der Waals surface area contributed by atoms with Crippen LogP contribution in [-0.4, -0.2) is 35.8 Å². The monoisotopic (exact) mass is 431 g/mol. The number of sulfonamides is 1. The van der Waals surface area contributed by atoms with Gasteiger partial charge in [-0.15, -0.1) is 0 Å². The van der Waals surface area contributed by atoms with Crippen LogP contribution in [0.5, 0.6) is 5.88 Å². The fourth-order valence-corrected chi connectivity index (χ4v) is 5.64. The van der Waals surface area contributed by atoms with E-state index in [2.05, 4.69) is 22.1 Å². The number of carbonyl (C=O) groups is 1. The summed E-state index contributed by atoms with van der Waals surface area (Å²) in [5.41, 5.74) is 4.87. The van der Waals surface area contributed by atoms with Crippen LogP contribution in [0.2, 0.25) is 0 Å². The number of nitrogens with zero attached hydrogens (tertiary/aromatic N) is 3. The molecule has 0 fully saturated rings.